The maximum absolute atomic E-state index is 12.4. The van der Waals surface area contributed by atoms with Crippen LogP contribution in [0.15, 0.2) is 29.0 Å². The number of thiophene rings is 2. The molecule has 2 aromatic heterocycles. The van der Waals surface area contributed by atoms with Gasteiger partial charge in [0.1, 0.15) is 0 Å². The maximum Gasteiger partial charge on any atom is 0.223 e. The lowest BCUT2D eigenvalue weighted by Crippen LogP contribution is -2.38. The Labute approximate surface area is 121 Å². The van der Waals surface area contributed by atoms with Crippen molar-refractivity contribution in [3.05, 3.63) is 44.3 Å². The number of hydrogen-bond acceptors (Lipinski definition) is 3. The highest BCUT2D eigenvalue weighted by Gasteiger charge is 2.27. The molecule has 0 saturated heterocycles. The third-order valence-corrected chi connectivity index (χ3v) is 5.70. The Morgan fingerprint density at radius 2 is 2.26 bits per heavy atom. The van der Waals surface area contributed by atoms with Gasteiger partial charge in [-0.05, 0) is 48.2 Å². The van der Waals surface area contributed by atoms with Crippen LogP contribution in [0.4, 0.5) is 0 Å². The molecule has 3 rings (SSSR count). The molecular weight excluding hydrogens is 274 g/mol. The predicted octanol–water partition coefficient (Wildman–Crippen LogP) is 3.89. The van der Waals surface area contributed by atoms with Gasteiger partial charge in [0.25, 0.3) is 0 Å². The number of amides is 1. The van der Waals surface area contributed by atoms with Crippen molar-refractivity contribution in [2.45, 2.75) is 32.2 Å². The van der Waals surface area contributed by atoms with Gasteiger partial charge >= 0.3 is 0 Å². The topological polar surface area (TPSA) is 20.3 Å². The van der Waals surface area contributed by atoms with Gasteiger partial charge < -0.3 is 4.90 Å². The van der Waals surface area contributed by atoms with Crippen molar-refractivity contribution >= 4 is 28.6 Å². The summed E-state index contributed by atoms with van der Waals surface area (Å²) in [4.78, 5) is 17.2. The van der Waals surface area contributed by atoms with E-state index in [0.717, 1.165) is 19.4 Å². The van der Waals surface area contributed by atoms with Gasteiger partial charge in [0.05, 0.1) is 6.04 Å². The van der Waals surface area contributed by atoms with Crippen LogP contribution in [0.5, 0.6) is 0 Å². The van der Waals surface area contributed by atoms with Crippen molar-refractivity contribution in [3.8, 4) is 0 Å². The predicted molar refractivity (Wildman–Crippen MR) is 80.8 cm³/mol. The van der Waals surface area contributed by atoms with Crippen LogP contribution in [0.2, 0.25) is 0 Å². The first-order valence-electron chi connectivity index (χ1n) is 6.64. The minimum atomic E-state index is 0.242. The van der Waals surface area contributed by atoms with Crippen LogP contribution in [-0.4, -0.2) is 17.4 Å². The van der Waals surface area contributed by atoms with E-state index in [-0.39, 0.29) is 11.9 Å². The number of nitrogens with zero attached hydrogens (tertiary/aromatic N) is 1. The molecule has 0 saturated carbocycles. The van der Waals surface area contributed by atoms with Gasteiger partial charge in [0.15, 0.2) is 0 Å². The SMILES string of the molecule is C[C@@H]1c2ccsc2CCN1C(=O)CCc1cccs1. The van der Waals surface area contributed by atoms with Crippen LogP contribution in [-0.2, 0) is 17.6 Å². The normalized spacial score (nSPS) is 18.4. The number of carbonyl (C=O) groups excluding carboxylic acids is 1. The van der Waals surface area contributed by atoms with E-state index in [1.54, 1.807) is 11.3 Å². The molecule has 0 aromatic carbocycles. The van der Waals surface area contributed by atoms with Crippen LogP contribution in [0.25, 0.3) is 0 Å². The molecule has 1 aliphatic rings. The molecule has 0 fully saturated rings. The van der Waals surface area contributed by atoms with Gasteiger partial charge in [-0.15, -0.1) is 22.7 Å². The van der Waals surface area contributed by atoms with Crippen LogP contribution < -0.4 is 0 Å². The molecule has 19 heavy (non-hydrogen) atoms. The largest absolute Gasteiger partial charge is 0.336 e. The van der Waals surface area contributed by atoms with Crippen molar-refractivity contribution in [1.82, 2.24) is 4.90 Å². The number of hydrogen-bond donors (Lipinski definition) is 0. The molecule has 0 unspecified atom stereocenters. The molecule has 4 heteroatoms. The quantitative estimate of drug-likeness (QED) is 0.840. The van der Waals surface area contributed by atoms with Gasteiger partial charge in [-0.2, -0.15) is 0 Å². The van der Waals surface area contributed by atoms with E-state index in [4.69, 9.17) is 0 Å². The zero-order valence-electron chi connectivity index (χ0n) is 11.0. The van der Waals surface area contributed by atoms with Crippen molar-refractivity contribution in [2.75, 3.05) is 6.54 Å². The molecule has 1 aliphatic heterocycles. The number of aryl methyl sites for hydroxylation is 1. The second-order valence-corrected chi connectivity index (χ2v) is 6.92. The monoisotopic (exact) mass is 291 g/mol. The van der Waals surface area contributed by atoms with Crippen molar-refractivity contribution < 1.29 is 4.79 Å². The summed E-state index contributed by atoms with van der Waals surface area (Å²) in [6.07, 6.45) is 2.52. The Bertz CT molecular complexity index is 558. The standard InChI is InChI=1S/C15H17NOS2/c1-11-13-7-10-19-14(13)6-8-16(11)15(17)5-4-12-3-2-9-18-12/h2-3,7,9-11H,4-6,8H2,1H3/t11-/m1/s1. The van der Waals surface area contributed by atoms with Crippen molar-refractivity contribution in [3.63, 3.8) is 0 Å². The molecule has 2 aromatic rings. The third kappa shape index (κ3) is 2.60. The van der Waals surface area contributed by atoms with Gasteiger partial charge in [0.2, 0.25) is 5.91 Å². The molecule has 0 bridgehead atoms. The maximum atomic E-state index is 12.4. The van der Waals surface area contributed by atoms with E-state index in [1.165, 1.54) is 15.3 Å². The fourth-order valence-corrected chi connectivity index (χ4v) is 4.35. The smallest absolute Gasteiger partial charge is 0.223 e. The van der Waals surface area contributed by atoms with Gasteiger partial charge in [-0.25, -0.2) is 0 Å². The zero-order chi connectivity index (χ0) is 13.2. The van der Waals surface area contributed by atoms with Crippen molar-refractivity contribution in [1.29, 1.82) is 0 Å². The third-order valence-electron chi connectivity index (χ3n) is 3.76. The van der Waals surface area contributed by atoms with E-state index in [9.17, 15) is 4.79 Å². The van der Waals surface area contributed by atoms with Gasteiger partial charge in [0, 0.05) is 22.7 Å². The summed E-state index contributed by atoms with van der Waals surface area (Å²) in [7, 11) is 0. The Balaban J connectivity index is 1.65. The highest BCUT2D eigenvalue weighted by atomic mass is 32.1. The first kappa shape index (κ1) is 12.9. The van der Waals surface area contributed by atoms with Crippen LogP contribution >= 0.6 is 22.7 Å². The van der Waals surface area contributed by atoms with Crippen LogP contribution in [0, 0.1) is 0 Å². The number of fused-ring (bicyclic) bond motifs is 1. The molecule has 2 nitrogen and oxygen atoms in total. The lowest BCUT2D eigenvalue weighted by molar-refractivity contribution is -0.133. The fourth-order valence-electron chi connectivity index (χ4n) is 2.68. The summed E-state index contributed by atoms with van der Waals surface area (Å²) in [5.41, 5.74) is 1.35. The van der Waals surface area contributed by atoms with E-state index in [1.807, 2.05) is 22.3 Å². The summed E-state index contributed by atoms with van der Waals surface area (Å²) in [5.74, 6) is 0.290. The lowest BCUT2D eigenvalue weighted by Gasteiger charge is -2.33. The molecule has 100 valence electrons. The average molecular weight is 291 g/mol. The van der Waals surface area contributed by atoms with Gasteiger partial charge in [-0.3, -0.25) is 4.79 Å². The van der Waals surface area contributed by atoms with E-state index in [2.05, 4.69) is 29.8 Å². The van der Waals surface area contributed by atoms with E-state index < -0.39 is 0 Å². The van der Waals surface area contributed by atoms with E-state index >= 15 is 0 Å². The summed E-state index contributed by atoms with van der Waals surface area (Å²) in [6.45, 7) is 3.02. The van der Waals surface area contributed by atoms with E-state index in [0.29, 0.717) is 6.42 Å². The Morgan fingerprint density at radius 3 is 3.05 bits per heavy atom. The minimum Gasteiger partial charge on any atom is -0.336 e. The molecule has 1 atom stereocenters. The highest BCUT2D eigenvalue weighted by Crippen LogP contribution is 2.33. The molecule has 0 radical (unpaired) electrons. The second kappa shape index (κ2) is 5.47. The average Bonchev–Trinajstić information content (AvgIpc) is 3.07. The summed E-state index contributed by atoms with van der Waals surface area (Å²) >= 11 is 3.55. The zero-order valence-corrected chi connectivity index (χ0v) is 12.6. The Morgan fingerprint density at radius 1 is 1.37 bits per heavy atom. The molecule has 0 aliphatic carbocycles. The van der Waals surface area contributed by atoms with Gasteiger partial charge in [-0.1, -0.05) is 6.07 Å². The number of carbonyl (C=O) groups is 1. The molecular formula is C15H17NOS2. The highest BCUT2D eigenvalue weighted by molar-refractivity contribution is 7.10. The lowest BCUT2D eigenvalue weighted by atomic mass is 10.0. The number of rotatable bonds is 3. The van der Waals surface area contributed by atoms with Crippen LogP contribution in [0.3, 0.4) is 0 Å². The molecule has 3 heterocycles. The summed E-state index contributed by atoms with van der Waals surface area (Å²) in [5, 5.41) is 4.21. The fraction of sp³-hybridized carbons (Fsp3) is 0.400. The Hall–Kier alpha value is -1.13. The Kier molecular flexibility index (Phi) is 3.71. The van der Waals surface area contributed by atoms with Crippen LogP contribution in [0.1, 0.15) is 34.7 Å². The summed E-state index contributed by atoms with van der Waals surface area (Å²) < 4.78 is 0. The first-order chi connectivity index (χ1) is 9.25. The second-order valence-electron chi connectivity index (χ2n) is 4.89. The molecule has 1 amide bonds. The first-order valence-corrected chi connectivity index (χ1v) is 8.40. The summed E-state index contributed by atoms with van der Waals surface area (Å²) in [6, 6.07) is 6.56. The van der Waals surface area contributed by atoms with Crippen molar-refractivity contribution in [2.24, 2.45) is 0 Å². The minimum absolute atomic E-state index is 0.242. The molecule has 0 spiro atoms. The molecule has 0 N–H and O–H groups in total.